The lowest BCUT2D eigenvalue weighted by molar-refractivity contribution is -0.178. The van der Waals surface area contributed by atoms with Gasteiger partial charge in [0.25, 0.3) is 0 Å². The van der Waals surface area contributed by atoms with Gasteiger partial charge in [0.15, 0.2) is 24.4 Å². The van der Waals surface area contributed by atoms with Crippen LogP contribution in [0, 0.1) is 71.0 Å². The highest BCUT2D eigenvalue weighted by atomic mass is 16.6. The summed E-state index contributed by atoms with van der Waals surface area (Å²) >= 11 is 0. The van der Waals surface area contributed by atoms with E-state index in [-0.39, 0.29) is 24.4 Å². The number of ether oxygens (including phenoxy) is 8. The van der Waals surface area contributed by atoms with Crippen LogP contribution >= 0.6 is 0 Å². The van der Waals surface area contributed by atoms with Crippen LogP contribution < -0.4 is 0 Å². The standard InChI is InChI=1S/4C16H28O5/c4*1-9(2)13-7-6-10(3)8-14(13)21-16(19)12(5)20-15(18)11(4)17/h4*9-14,17H,6-8H2,1-5H3/t10-,11+,12+,13+,14-;10-,11+,12-,13+,14-;10-,11-,12+,13+,14-;10-,11-,12-,13+,14-/m1111/s1. The summed E-state index contributed by atoms with van der Waals surface area (Å²) in [7, 11) is 0. The van der Waals surface area contributed by atoms with Gasteiger partial charge in [-0.1, -0.05) is 109 Å². The Labute approximate surface area is 502 Å². The molecule has 0 radical (unpaired) electrons. The minimum atomic E-state index is -1.24. The maximum Gasteiger partial charge on any atom is 0.347 e. The Morgan fingerprint density at radius 2 is 0.429 bits per heavy atom. The molecule has 20 heteroatoms. The molecule has 0 heterocycles. The molecule has 0 amide bonds. The van der Waals surface area contributed by atoms with Crippen LogP contribution in [-0.4, -0.2) is 141 Å². The molecule has 0 aliphatic heterocycles. The lowest BCUT2D eigenvalue weighted by Gasteiger charge is -2.37. The normalized spacial score (nSPS) is 28.8. The highest BCUT2D eigenvalue weighted by Crippen LogP contribution is 2.39. The van der Waals surface area contributed by atoms with E-state index >= 15 is 0 Å². The molecule has 20 nitrogen and oxygen atoms in total. The Hall–Kier alpha value is -4.40. The van der Waals surface area contributed by atoms with Crippen LogP contribution in [0.1, 0.15) is 216 Å². The van der Waals surface area contributed by atoms with Gasteiger partial charge in [-0.15, -0.1) is 0 Å². The number of aliphatic hydroxyl groups is 4. The summed E-state index contributed by atoms with van der Waals surface area (Å²) in [5, 5.41) is 36.4. The number of hydrogen-bond acceptors (Lipinski definition) is 20. The van der Waals surface area contributed by atoms with E-state index in [4.69, 9.17) is 58.3 Å². The first-order valence-electron chi connectivity index (χ1n) is 31.2. The predicted octanol–water partition coefficient (Wildman–Crippen LogP) is 9.21. The molecule has 0 spiro atoms. The maximum absolute atomic E-state index is 12.1. The van der Waals surface area contributed by atoms with Crippen molar-refractivity contribution in [3.05, 3.63) is 0 Å². The van der Waals surface area contributed by atoms with Crippen molar-refractivity contribution in [3.8, 4) is 0 Å². The van der Waals surface area contributed by atoms with Crippen LogP contribution in [0.3, 0.4) is 0 Å². The van der Waals surface area contributed by atoms with E-state index in [1.165, 1.54) is 55.4 Å². The molecular weight excluding hydrogens is 1090 g/mol. The number of carbonyl (C=O) groups is 8. The van der Waals surface area contributed by atoms with Gasteiger partial charge in [-0.3, -0.25) is 0 Å². The van der Waals surface area contributed by atoms with Gasteiger partial charge in [-0.05, 0) is 178 Å². The summed E-state index contributed by atoms with van der Waals surface area (Å²) in [4.78, 5) is 93.4. The van der Waals surface area contributed by atoms with E-state index in [9.17, 15) is 38.4 Å². The zero-order valence-electron chi connectivity index (χ0n) is 54.7. The Morgan fingerprint density at radius 3 is 0.560 bits per heavy atom. The quantitative estimate of drug-likeness (QED) is 0.0652. The van der Waals surface area contributed by atoms with E-state index in [0.29, 0.717) is 71.0 Å². The van der Waals surface area contributed by atoms with Crippen molar-refractivity contribution < 1.29 is 96.7 Å². The van der Waals surface area contributed by atoms with Crippen LogP contribution in [0.25, 0.3) is 0 Å². The summed E-state index contributed by atoms with van der Waals surface area (Å²) in [6, 6.07) is 0. The van der Waals surface area contributed by atoms with E-state index < -0.39 is 96.6 Å². The van der Waals surface area contributed by atoms with Gasteiger partial charge in [-0.25, -0.2) is 38.4 Å². The van der Waals surface area contributed by atoms with Crippen molar-refractivity contribution in [1.29, 1.82) is 0 Å². The third-order valence-electron chi connectivity index (χ3n) is 16.8. The van der Waals surface area contributed by atoms with Gasteiger partial charge in [0, 0.05) is 0 Å². The molecule has 20 atom stereocenters. The average Bonchev–Trinajstić information content (AvgIpc) is 3.44. The fourth-order valence-corrected chi connectivity index (χ4v) is 11.3. The van der Waals surface area contributed by atoms with Crippen molar-refractivity contribution in [2.75, 3.05) is 0 Å². The molecule has 4 aliphatic carbocycles. The number of aliphatic hydroxyl groups excluding tert-OH is 4. The monoisotopic (exact) mass is 1200 g/mol. The highest BCUT2D eigenvalue weighted by Gasteiger charge is 2.39. The molecule has 488 valence electrons. The molecule has 0 aromatic rings. The molecule has 84 heavy (non-hydrogen) atoms. The SMILES string of the molecule is CC(C)[C@@H]1CC[C@@H](C)C[C@H]1OC(=O)[C@@H](C)OC(=O)[C@@H](C)O.CC(C)[C@@H]1CC[C@@H](C)C[C@H]1OC(=O)[C@@H](C)OC(=O)[C@H](C)O.CC(C)[C@@H]1CC[C@@H](C)C[C@H]1OC(=O)[C@H](C)OC(=O)[C@@H](C)O.CC(C)[C@@H]1CC[C@@H](C)C[C@H]1OC(=O)[C@H](C)OC(=O)[C@H](C)O. The topological polar surface area (TPSA) is 291 Å². The van der Waals surface area contributed by atoms with E-state index in [0.717, 1.165) is 77.0 Å². The summed E-state index contributed by atoms with van der Waals surface area (Å²) in [6.45, 7) is 36.8. The van der Waals surface area contributed by atoms with E-state index in [1.54, 1.807) is 0 Å². The Morgan fingerprint density at radius 1 is 0.274 bits per heavy atom. The van der Waals surface area contributed by atoms with Gasteiger partial charge in [0.1, 0.15) is 48.8 Å². The fraction of sp³-hybridized carbons (Fsp3) is 0.875. The van der Waals surface area contributed by atoms with E-state index in [1.807, 2.05) is 0 Å². The van der Waals surface area contributed by atoms with Gasteiger partial charge in [0.05, 0.1) is 0 Å². The number of esters is 8. The molecule has 4 aliphatic rings. The molecule has 4 saturated carbocycles. The third-order valence-corrected chi connectivity index (χ3v) is 16.8. The average molecular weight is 1200 g/mol. The van der Waals surface area contributed by atoms with Crippen LogP contribution in [0.4, 0.5) is 0 Å². The van der Waals surface area contributed by atoms with Crippen LogP contribution in [-0.2, 0) is 76.3 Å². The molecule has 0 bridgehead atoms. The first-order valence-corrected chi connectivity index (χ1v) is 31.2. The Bertz CT molecular complexity index is 1730. The van der Waals surface area contributed by atoms with Crippen molar-refractivity contribution in [2.45, 2.75) is 289 Å². The first-order chi connectivity index (χ1) is 38.9. The molecule has 0 aromatic carbocycles. The second-order valence-corrected chi connectivity index (χ2v) is 26.2. The van der Waals surface area contributed by atoms with Crippen LogP contribution in [0.2, 0.25) is 0 Å². The zero-order valence-corrected chi connectivity index (χ0v) is 54.7. The number of rotatable bonds is 20. The Kier molecular flexibility index (Phi) is 35.1. The summed E-state index contributed by atoms with van der Waals surface area (Å²) in [5.41, 5.74) is 0. The fourth-order valence-electron chi connectivity index (χ4n) is 11.3. The Balaban J connectivity index is 0.000000560. The van der Waals surface area contributed by atoms with Gasteiger partial charge < -0.3 is 58.3 Å². The summed E-state index contributed by atoms with van der Waals surface area (Å²) in [6.07, 6.45) is 2.88. The molecule has 0 unspecified atom stereocenters. The smallest absolute Gasteiger partial charge is 0.347 e. The van der Waals surface area contributed by atoms with Crippen molar-refractivity contribution in [1.82, 2.24) is 0 Å². The van der Waals surface area contributed by atoms with Crippen molar-refractivity contribution in [2.24, 2.45) is 71.0 Å². The van der Waals surface area contributed by atoms with Crippen LogP contribution in [0.5, 0.6) is 0 Å². The minimum Gasteiger partial charge on any atom is -0.459 e. The van der Waals surface area contributed by atoms with Crippen molar-refractivity contribution in [3.63, 3.8) is 0 Å². The minimum absolute atomic E-state index is 0.117. The van der Waals surface area contributed by atoms with E-state index in [2.05, 4.69) is 83.1 Å². The molecule has 4 fully saturated rings. The lowest BCUT2D eigenvalue weighted by Crippen LogP contribution is -2.39. The molecule has 0 saturated heterocycles. The predicted molar refractivity (Wildman–Crippen MR) is 314 cm³/mol. The maximum atomic E-state index is 12.1. The highest BCUT2D eigenvalue weighted by molar-refractivity contribution is 5.82. The van der Waals surface area contributed by atoms with Crippen LogP contribution in [0.15, 0.2) is 0 Å². The molecule has 4 rings (SSSR count). The van der Waals surface area contributed by atoms with Gasteiger partial charge in [0.2, 0.25) is 0 Å². The van der Waals surface area contributed by atoms with Gasteiger partial charge in [-0.2, -0.15) is 0 Å². The van der Waals surface area contributed by atoms with Crippen molar-refractivity contribution >= 4 is 47.8 Å². The second kappa shape index (κ2) is 38.0. The number of carbonyl (C=O) groups excluding carboxylic acids is 8. The first kappa shape index (κ1) is 77.6. The molecular formula is C64H112O20. The largest absolute Gasteiger partial charge is 0.459 e. The zero-order chi connectivity index (χ0) is 64.6. The third kappa shape index (κ3) is 28.0. The van der Waals surface area contributed by atoms with Gasteiger partial charge >= 0.3 is 47.8 Å². The number of hydrogen-bond donors (Lipinski definition) is 4. The lowest BCUT2D eigenvalue weighted by atomic mass is 9.75. The molecule has 0 aromatic heterocycles. The summed E-state index contributed by atoms with van der Waals surface area (Å²) in [5.74, 6) is -0.0216. The second-order valence-electron chi connectivity index (χ2n) is 26.2. The summed E-state index contributed by atoms with van der Waals surface area (Å²) < 4.78 is 41.8. The molecule has 4 N–H and O–H groups in total.